The summed E-state index contributed by atoms with van der Waals surface area (Å²) in [6.07, 6.45) is 11.3. The maximum absolute atomic E-state index is 5.75. The van der Waals surface area contributed by atoms with Crippen LogP contribution >= 0.6 is 0 Å². The number of H-pyrrole nitrogens is 1. The molecular formula is C19H22N6O. The van der Waals surface area contributed by atoms with Crippen molar-refractivity contribution in [3.63, 3.8) is 0 Å². The summed E-state index contributed by atoms with van der Waals surface area (Å²) < 4.78 is 5.31. The lowest BCUT2D eigenvalue weighted by Crippen LogP contribution is -2.37. The molecule has 0 amide bonds. The maximum atomic E-state index is 5.75. The summed E-state index contributed by atoms with van der Waals surface area (Å²) >= 11 is 0. The van der Waals surface area contributed by atoms with Crippen molar-refractivity contribution < 1.29 is 4.42 Å². The van der Waals surface area contributed by atoms with Crippen LogP contribution in [0.5, 0.6) is 0 Å². The van der Waals surface area contributed by atoms with Crippen LogP contribution in [-0.2, 0) is 0 Å². The molecule has 0 aliphatic carbocycles. The number of hydrogen-bond acceptors (Lipinski definition) is 6. The number of furan rings is 1. The summed E-state index contributed by atoms with van der Waals surface area (Å²) in [5, 5.41) is 5.07. The number of likely N-dealkylation sites (tertiary alicyclic amines) is 1. The van der Waals surface area contributed by atoms with E-state index in [0.29, 0.717) is 5.92 Å². The first-order valence-electron chi connectivity index (χ1n) is 8.84. The predicted molar refractivity (Wildman–Crippen MR) is 102 cm³/mol. The molecule has 4 heterocycles. The molecule has 0 atom stereocenters. The molecule has 0 saturated carbocycles. The number of aromatic amines is 1. The van der Waals surface area contributed by atoms with E-state index in [9.17, 15) is 0 Å². The predicted octanol–water partition coefficient (Wildman–Crippen LogP) is 2.64. The highest BCUT2D eigenvalue weighted by atomic mass is 16.3. The van der Waals surface area contributed by atoms with E-state index in [1.54, 1.807) is 12.6 Å². The molecule has 1 fully saturated rings. The summed E-state index contributed by atoms with van der Waals surface area (Å²) in [5.74, 6) is 6.95. The van der Waals surface area contributed by atoms with Crippen molar-refractivity contribution in [1.82, 2.24) is 19.9 Å². The van der Waals surface area contributed by atoms with Gasteiger partial charge in [-0.3, -0.25) is 4.90 Å². The number of hydrogen-bond donors (Lipinski definition) is 2. The van der Waals surface area contributed by atoms with Gasteiger partial charge in [0.15, 0.2) is 0 Å². The van der Waals surface area contributed by atoms with Gasteiger partial charge in [0.1, 0.15) is 17.7 Å². The molecule has 3 aromatic heterocycles. The molecule has 3 N–H and O–H groups in total. The van der Waals surface area contributed by atoms with Crippen molar-refractivity contribution in [2.24, 2.45) is 16.9 Å². The largest absolute Gasteiger partial charge is 0.465 e. The highest BCUT2D eigenvalue weighted by Gasteiger charge is 2.26. The Balaban J connectivity index is 1.39. The van der Waals surface area contributed by atoms with E-state index in [2.05, 4.69) is 31.0 Å². The molecule has 7 nitrogen and oxygen atoms in total. The van der Waals surface area contributed by atoms with Crippen LogP contribution < -0.4 is 5.84 Å². The van der Waals surface area contributed by atoms with Crippen LogP contribution in [0.1, 0.15) is 24.3 Å². The van der Waals surface area contributed by atoms with Gasteiger partial charge in [0.2, 0.25) is 0 Å². The fraction of sp³-hybridized carbons (Fsp3) is 0.316. The number of nitrogens with two attached hydrogens (primary N) is 1. The Kier molecular flexibility index (Phi) is 4.79. The average molecular weight is 350 g/mol. The Hall–Kier alpha value is -2.93. The normalized spacial score (nSPS) is 17.5. The lowest BCUT2D eigenvalue weighted by atomic mass is 9.89. The van der Waals surface area contributed by atoms with Crippen molar-refractivity contribution in [3.05, 3.63) is 54.5 Å². The zero-order chi connectivity index (χ0) is 17.8. The SMILES string of the molecule is NN=C(c1ncnc2[nH]ccc12)C1CCN(C/C=C/c2ccco2)CC1. The first kappa shape index (κ1) is 16.5. The topological polar surface area (TPSA) is 96.3 Å². The zero-order valence-corrected chi connectivity index (χ0v) is 14.5. The summed E-state index contributed by atoms with van der Waals surface area (Å²) in [6.45, 7) is 2.93. The monoisotopic (exact) mass is 350 g/mol. The number of nitrogens with one attached hydrogen (secondary N) is 1. The second-order valence-corrected chi connectivity index (χ2v) is 6.47. The quantitative estimate of drug-likeness (QED) is 0.419. The number of piperidine rings is 1. The number of aromatic nitrogens is 3. The lowest BCUT2D eigenvalue weighted by Gasteiger charge is -2.31. The minimum absolute atomic E-state index is 0.318. The molecule has 4 rings (SSSR count). The van der Waals surface area contributed by atoms with Crippen LogP contribution in [0.15, 0.2) is 52.6 Å². The van der Waals surface area contributed by atoms with Crippen LogP contribution in [-0.4, -0.2) is 45.2 Å². The van der Waals surface area contributed by atoms with Crippen LogP contribution in [0.4, 0.5) is 0 Å². The third-order valence-corrected chi connectivity index (χ3v) is 4.90. The first-order chi connectivity index (χ1) is 12.8. The molecule has 26 heavy (non-hydrogen) atoms. The van der Waals surface area contributed by atoms with Gasteiger partial charge in [0.25, 0.3) is 0 Å². The number of rotatable bonds is 5. The summed E-state index contributed by atoms with van der Waals surface area (Å²) in [5.41, 5.74) is 2.54. The third kappa shape index (κ3) is 3.39. The number of nitrogens with zero attached hydrogens (tertiary/aromatic N) is 4. The van der Waals surface area contributed by atoms with Crippen molar-refractivity contribution in [3.8, 4) is 0 Å². The fourth-order valence-electron chi connectivity index (χ4n) is 3.53. The van der Waals surface area contributed by atoms with Gasteiger partial charge < -0.3 is 15.2 Å². The van der Waals surface area contributed by atoms with E-state index in [1.165, 1.54) is 0 Å². The van der Waals surface area contributed by atoms with Crippen LogP contribution in [0.2, 0.25) is 0 Å². The molecule has 0 aromatic carbocycles. The molecule has 0 unspecified atom stereocenters. The summed E-state index contributed by atoms with van der Waals surface area (Å²) in [6, 6.07) is 5.83. The second kappa shape index (κ2) is 7.53. The Morgan fingerprint density at radius 3 is 3.00 bits per heavy atom. The highest BCUT2D eigenvalue weighted by Crippen LogP contribution is 2.24. The van der Waals surface area contributed by atoms with Crippen LogP contribution in [0.3, 0.4) is 0 Å². The Bertz CT molecular complexity index is 903. The minimum atomic E-state index is 0.318. The molecule has 3 aromatic rings. The highest BCUT2D eigenvalue weighted by molar-refractivity contribution is 6.09. The third-order valence-electron chi connectivity index (χ3n) is 4.90. The Morgan fingerprint density at radius 1 is 1.35 bits per heavy atom. The molecule has 0 spiro atoms. The van der Waals surface area contributed by atoms with E-state index in [4.69, 9.17) is 10.3 Å². The van der Waals surface area contributed by atoms with Crippen molar-refractivity contribution in [1.29, 1.82) is 0 Å². The van der Waals surface area contributed by atoms with E-state index < -0.39 is 0 Å². The molecular weight excluding hydrogens is 328 g/mol. The van der Waals surface area contributed by atoms with E-state index in [-0.39, 0.29) is 0 Å². The van der Waals surface area contributed by atoms with Crippen molar-refractivity contribution in [2.75, 3.05) is 19.6 Å². The number of hydrazone groups is 1. The molecule has 134 valence electrons. The van der Waals surface area contributed by atoms with Gasteiger partial charge in [-0.15, -0.1) is 0 Å². The van der Waals surface area contributed by atoms with Crippen LogP contribution in [0.25, 0.3) is 17.1 Å². The molecule has 0 bridgehead atoms. The molecule has 1 aliphatic heterocycles. The number of fused-ring (bicyclic) bond motifs is 1. The van der Waals surface area contributed by atoms with Gasteiger partial charge in [-0.25, -0.2) is 9.97 Å². The van der Waals surface area contributed by atoms with E-state index in [1.807, 2.05) is 30.5 Å². The Morgan fingerprint density at radius 2 is 2.23 bits per heavy atom. The van der Waals surface area contributed by atoms with Crippen molar-refractivity contribution in [2.45, 2.75) is 12.8 Å². The van der Waals surface area contributed by atoms with E-state index in [0.717, 1.165) is 60.7 Å². The maximum Gasteiger partial charge on any atom is 0.141 e. The standard InChI is InChI=1S/C19H22N6O/c20-24-17(18-16-5-8-21-19(16)23-13-22-18)14-6-10-25(11-7-14)9-1-3-15-4-2-12-26-15/h1-5,8,12-14H,6-7,9-11,20H2,(H,21,22,23)/b3-1+,24-17?. The Labute approximate surface area is 151 Å². The average Bonchev–Trinajstić information content (AvgIpc) is 3.35. The van der Waals surface area contributed by atoms with E-state index >= 15 is 0 Å². The van der Waals surface area contributed by atoms with Crippen LogP contribution in [0, 0.1) is 5.92 Å². The molecule has 1 aliphatic rings. The second-order valence-electron chi connectivity index (χ2n) is 6.47. The first-order valence-corrected chi connectivity index (χ1v) is 8.84. The molecule has 1 saturated heterocycles. The van der Waals surface area contributed by atoms with Gasteiger partial charge in [0.05, 0.1) is 17.7 Å². The van der Waals surface area contributed by atoms with Crippen molar-refractivity contribution >= 4 is 22.8 Å². The summed E-state index contributed by atoms with van der Waals surface area (Å²) in [7, 11) is 0. The molecule has 7 heteroatoms. The van der Waals surface area contributed by atoms with Gasteiger partial charge >= 0.3 is 0 Å². The lowest BCUT2D eigenvalue weighted by molar-refractivity contribution is 0.229. The van der Waals surface area contributed by atoms with Gasteiger partial charge in [-0.1, -0.05) is 6.08 Å². The fourth-order valence-corrected chi connectivity index (χ4v) is 3.53. The summed E-state index contributed by atoms with van der Waals surface area (Å²) in [4.78, 5) is 14.2. The van der Waals surface area contributed by atoms with Gasteiger partial charge in [-0.2, -0.15) is 5.10 Å². The van der Waals surface area contributed by atoms with Gasteiger partial charge in [0, 0.05) is 24.0 Å². The smallest absolute Gasteiger partial charge is 0.141 e. The molecule has 0 radical (unpaired) electrons. The zero-order valence-electron chi connectivity index (χ0n) is 14.5. The minimum Gasteiger partial charge on any atom is -0.465 e. The van der Waals surface area contributed by atoms with Gasteiger partial charge in [-0.05, 0) is 50.2 Å².